The van der Waals surface area contributed by atoms with Crippen LogP contribution in [0, 0.1) is 24.2 Å². The number of nitriles is 1. The summed E-state index contributed by atoms with van der Waals surface area (Å²) in [7, 11) is 0. The minimum absolute atomic E-state index is 0.0371. The second-order valence-corrected chi connectivity index (χ2v) is 9.60. The lowest BCUT2D eigenvalue weighted by molar-refractivity contribution is -0.141. The maximum Gasteiger partial charge on any atom is 0.248 e. The number of rotatable bonds is 9. The maximum absolute atomic E-state index is 13.7. The van der Waals surface area contributed by atoms with Crippen molar-refractivity contribution in [2.75, 3.05) is 0 Å². The minimum atomic E-state index is -1.62. The number of aliphatic hydroxyl groups is 1. The van der Waals surface area contributed by atoms with E-state index in [4.69, 9.17) is 0 Å². The van der Waals surface area contributed by atoms with Gasteiger partial charge in [-0.2, -0.15) is 5.26 Å². The smallest absolute Gasteiger partial charge is 0.248 e. The first-order valence-electron chi connectivity index (χ1n) is 12.3. The number of benzene rings is 3. The number of carbonyl (C=O) groups excluding carboxylic acids is 2. The molecule has 3 aromatic carbocycles. The summed E-state index contributed by atoms with van der Waals surface area (Å²) < 4.78 is 0. The van der Waals surface area contributed by atoms with Crippen LogP contribution in [0.1, 0.15) is 39.8 Å². The SMILES string of the molecule is Cc1ccc(C[C@H](C(=O)NO)[C@@H](NCc2cccc(C#N)c2)C(=O)N[C@]2(O)CCc3ccccc32)c(O)c1. The average Bonchev–Trinajstić information content (AvgIpc) is 3.25. The minimum Gasteiger partial charge on any atom is -0.508 e. The van der Waals surface area contributed by atoms with E-state index in [-0.39, 0.29) is 25.1 Å². The van der Waals surface area contributed by atoms with Gasteiger partial charge in [0, 0.05) is 18.5 Å². The van der Waals surface area contributed by atoms with Gasteiger partial charge < -0.3 is 20.8 Å². The van der Waals surface area contributed by atoms with Crippen molar-refractivity contribution in [3.05, 3.63) is 100 Å². The van der Waals surface area contributed by atoms with Crippen molar-refractivity contribution >= 4 is 11.8 Å². The summed E-state index contributed by atoms with van der Waals surface area (Å²) >= 11 is 0. The Bertz CT molecular complexity index is 1390. The van der Waals surface area contributed by atoms with Crippen molar-refractivity contribution in [1.29, 1.82) is 5.26 Å². The molecule has 0 unspecified atom stereocenters. The second kappa shape index (κ2) is 11.4. The molecule has 0 aliphatic heterocycles. The molecule has 0 saturated carbocycles. The van der Waals surface area contributed by atoms with Gasteiger partial charge in [0.05, 0.1) is 23.6 Å². The predicted molar refractivity (Wildman–Crippen MR) is 139 cm³/mol. The van der Waals surface area contributed by atoms with Gasteiger partial charge in [0.1, 0.15) is 5.75 Å². The predicted octanol–water partition coefficient (Wildman–Crippen LogP) is 2.30. The van der Waals surface area contributed by atoms with E-state index in [9.17, 15) is 30.3 Å². The Morgan fingerprint density at radius 1 is 1.08 bits per heavy atom. The molecule has 9 nitrogen and oxygen atoms in total. The van der Waals surface area contributed by atoms with Crippen molar-refractivity contribution in [3.63, 3.8) is 0 Å². The van der Waals surface area contributed by atoms with Gasteiger partial charge in [0.2, 0.25) is 11.8 Å². The Kier molecular flexibility index (Phi) is 8.08. The summed E-state index contributed by atoms with van der Waals surface area (Å²) in [5, 5.41) is 46.4. The first-order chi connectivity index (χ1) is 18.2. The Morgan fingerprint density at radius 2 is 1.87 bits per heavy atom. The number of amides is 2. The molecule has 2 amide bonds. The summed E-state index contributed by atoms with van der Waals surface area (Å²) in [4.78, 5) is 26.6. The highest BCUT2D eigenvalue weighted by molar-refractivity contribution is 5.90. The number of nitrogens with zero attached hydrogens (tertiary/aromatic N) is 1. The molecule has 3 atom stereocenters. The number of phenols is 1. The first-order valence-corrected chi connectivity index (χ1v) is 12.3. The number of aromatic hydroxyl groups is 1. The molecule has 0 bridgehead atoms. The third-order valence-corrected chi connectivity index (χ3v) is 6.94. The number of aryl methyl sites for hydroxylation is 2. The highest BCUT2D eigenvalue weighted by Gasteiger charge is 2.42. The van der Waals surface area contributed by atoms with Crippen LogP contribution in [0.5, 0.6) is 5.75 Å². The molecule has 38 heavy (non-hydrogen) atoms. The van der Waals surface area contributed by atoms with Crippen LogP contribution < -0.4 is 16.1 Å². The summed E-state index contributed by atoms with van der Waals surface area (Å²) in [6.45, 7) is 1.94. The number of hydrogen-bond acceptors (Lipinski definition) is 7. The monoisotopic (exact) mass is 514 g/mol. The van der Waals surface area contributed by atoms with Crippen LogP contribution in [-0.4, -0.2) is 33.3 Å². The molecule has 6 N–H and O–H groups in total. The largest absolute Gasteiger partial charge is 0.508 e. The van der Waals surface area contributed by atoms with E-state index in [0.29, 0.717) is 28.7 Å². The number of hydroxylamine groups is 1. The second-order valence-electron chi connectivity index (χ2n) is 9.60. The highest BCUT2D eigenvalue weighted by Crippen LogP contribution is 2.35. The van der Waals surface area contributed by atoms with Gasteiger partial charge in [-0.25, -0.2) is 5.48 Å². The summed E-state index contributed by atoms with van der Waals surface area (Å²) in [5.74, 6) is -2.68. The quantitative estimate of drug-likeness (QED) is 0.145. The van der Waals surface area contributed by atoms with Crippen LogP contribution in [-0.2, 0) is 34.7 Å². The Morgan fingerprint density at radius 3 is 2.61 bits per heavy atom. The molecule has 9 heteroatoms. The summed E-state index contributed by atoms with van der Waals surface area (Å²) in [6.07, 6.45) is 0.769. The van der Waals surface area contributed by atoms with Crippen LogP contribution in [0.25, 0.3) is 0 Å². The zero-order valence-electron chi connectivity index (χ0n) is 20.9. The molecule has 1 aliphatic carbocycles. The van der Waals surface area contributed by atoms with E-state index in [0.717, 1.165) is 11.1 Å². The zero-order chi connectivity index (χ0) is 27.3. The summed E-state index contributed by atoms with van der Waals surface area (Å²) in [6, 6.07) is 19.9. The van der Waals surface area contributed by atoms with Crippen LogP contribution in [0.4, 0.5) is 0 Å². The molecular weight excluding hydrogens is 484 g/mol. The number of nitrogens with one attached hydrogen (secondary N) is 3. The van der Waals surface area contributed by atoms with Gasteiger partial charge in [0.15, 0.2) is 5.72 Å². The van der Waals surface area contributed by atoms with Crippen LogP contribution in [0.2, 0.25) is 0 Å². The number of phenolic OH excluding ortho intramolecular Hbond substituents is 1. The van der Waals surface area contributed by atoms with Crippen molar-refractivity contribution in [2.24, 2.45) is 5.92 Å². The molecule has 0 spiro atoms. The number of hydrogen-bond donors (Lipinski definition) is 6. The van der Waals surface area contributed by atoms with E-state index in [1.807, 2.05) is 19.1 Å². The van der Waals surface area contributed by atoms with Crippen molar-refractivity contribution in [3.8, 4) is 11.8 Å². The lowest BCUT2D eigenvalue weighted by Crippen LogP contribution is -2.57. The van der Waals surface area contributed by atoms with Crippen LogP contribution in [0.3, 0.4) is 0 Å². The molecular formula is C29H30N4O5. The van der Waals surface area contributed by atoms with Gasteiger partial charge in [0.25, 0.3) is 0 Å². The average molecular weight is 515 g/mol. The standard InChI is InChI=1S/C29H30N4O5/c1-18-9-10-22(25(34)13-18)15-23(27(35)33-38)26(31-17-20-6-4-5-19(14-20)16-30)28(36)32-29(37)12-11-21-7-2-3-8-24(21)29/h2-10,13-14,23,26,31,34,37-38H,11-12,15,17H2,1H3,(H,32,36)(H,33,35)/t23-,26+,29-/m0/s1. The van der Waals surface area contributed by atoms with Gasteiger partial charge in [-0.15, -0.1) is 0 Å². The lowest BCUT2D eigenvalue weighted by atomic mass is 9.89. The number of carbonyl (C=O) groups is 2. The van der Waals surface area contributed by atoms with E-state index in [1.54, 1.807) is 60.1 Å². The molecule has 0 radical (unpaired) electrons. The fourth-order valence-corrected chi connectivity index (χ4v) is 4.93. The van der Waals surface area contributed by atoms with Crippen molar-refractivity contribution in [1.82, 2.24) is 16.1 Å². The van der Waals surface area contributed by atoms with E-state index in [1.165, 1.54) is 0 Å². The molecule has 0 heterocycles. The summed E-state index contributed by atoms with van der Waals surface area (Å²) in [5.41, 5.74) is 3.91. The maximum atomic E-state index is 13.7. The fourth-order valence-electron chi connectivity index (χ4n) is 4.93. The fraction of sp³-hybridized carbons (Fsp3) is 0.276. The van der Waals surface area contributed by atoms with E-state index < -0.39 is 29.5 Å². The highest BCUT2D eigenvalue weighted by atomic mass is 16.5. The van der Waals surface area contributed by atoms with Crippen molar-refractivity contribution < 1.29 is 25.0 Å². The van der Waals surface area contributed by atoms with Gasteiger partial charge in [-0.1, -0.05) is 48.5 Å². The van der Waals surface area contributed by atoms with Gasteiger partial charge in [-0.3, -0.25) is 14.8 Å². The van der Waals surface area contributed by atoms with Gasteiger partial charge >= 0.3 is 0 Å². The third kappa shape index (κ3) is 5.84. The molecule has 0 aromatic heterocycles. The van der Waals surface area contributed by atoms with E-state index >= 15 is 0 Å². The lowest BCUT2D eigenvalue weighted by Gasteiger charge is -2.31. The first kappa shape index (κ1) is 26.8. The Balaban J connectivity index is 1.66. The Labute approximate surface area is 220 Å². The Hall–Kier alpha value is -4.23. The molecule has 3 aromatic rings. The molecule has 0 saturated heterocycles. The number of fused-ring (bicyclic) bond motifs is 1. The topological polar surface area (TPSA) is 155 Å². The van der Waals surface area contributed by atoms with Crippen LogP contribution in [0.15, 0.2) is 66.7 Å². The van der Waals surface area contributed by atoms with E-state index in [2.05, 4.69) is 16.7 Å². The van der Waals surface area contributed by atoms with Crippen LogP contribution >= 0.6 is 0 Å². The van der Waals surface area contributed by atoms with Gasteiger partial charge in [-0.05, 0) is 60.2 Å². The zero-order valence-corrected chi connectivity index (χ0v) is 20.9. The molecule has 196 valence electrons. The normalized spacial score (nSPS) is 17.6. The molecule has 4 rings (SSSR count). The van der Waals surface area contributed by atoms with Crippen molar-refractivity contribution in [2.45, 2.75) is 44.5 Å². The molecule has 0 fully saturated rings. The third-order valence-electron chi connectivity index (χ3n) is 6.94. The molecule has 1 aliphatic rings.